The minimum Gasteiger partial charge on any atom is -0.292 e. The molecule has 1 aromatic heterocycles. The average molecular weight is 281 g/mol. The molecule has 2 nitrogen and oxygen atoms in total. The number of nitriles is 1. The number of nitrogens with zero attached hydrogens (tertiary/aromatic N) is 1. The van der Waals surface area contributed by atoms with E-state index in [1.807, 2.05) is 0 Å². The normalized spacial score (nSPS) is 11.9. The highest BCUT2D eigenvalue weighted by atomic mass is 32.1. The van der Waals surface area contributed by atoms with Gasteiger partial charge in [-0.15, -0.1) is 11.3 Å². The van der Waals surface area contributed by atoms with Gasteiger partial charge in [0.25, 0.3) is 0 Å². The van der Waals surface area contributed by atoms with Gasteiger partial charge in [0.2, 0.25) is 0 Å². The first-order chi connectivity index (χ1) is 9.06. The van der Waals surface area contributed by atoms with Crippen molar-refractivity contribution in [1.29, 1.82) is 5.26 Å². The van der Waals surface area contributed by atoms with E-state index in [0.29, 0.717) is 10.9 Å². The first-order valence-corrected chi connectivity index (χ1v) is 6.05. The van der Waals surface area contributed by atoms with Gasteiger partial charge in [0.05, 0.1) is 11.6 Å². The van der Waals surface area contributed by atoms with Crippen molar-refractivity contribution in [2.75, 3.05) is 0 Å². The molecule has 6 heteroatoms. The molecule has 0 fully saturated rings. The van der Waals surface area contributed by atoms with Crippen molar-refractivity contribution in [2.24, 2.45) is 0 Å². The fourth-order valence-electron chi connectivity index (χ4n) is 1.58. The van der Waals surface area contributed by atoms with Crippen molar-refractivity contribution < 1.29 is 18.0 Å². The van der Waals surface area contributed by atoms with E-state index < -0.39 is 34.7 Å². The van der Waals surface area contributed by atoms with Crippen molar-refractivity contribution in [1.82, 2.24) is 0 Å². The predicted octanol–water partition coefficient (Wildman–Crippen LogP) is 3.66. The zero-order valence-electron chi connectivity index (χ0n) is 9.36. The number of rotatable bonds is 3. The Bertz CT molecular complexity index is 661. The second-order valence-corrected chi connectivity index (χ2v) is 4.64. The van der Waals surface area contributed by atoms with E-state index in [1.165, 1.54) is 0 Å². The highest BCUT2D eigenvalue weighted by molar-refractivity contribution is 7.10. The van der Waals surface area contributed by atoms with E-state index in [9.17, 15) is 18.0 Å². The van der Waals surface area contributed by atoms with Crippen molar-refractivity contribution >= 4 is 17.1 Å². The number of ketones is 1. The Morgan fingerprint density at radius 3 is 2.53 bits per heavy atom. The molecule has 1 atom stereocenters. The summed E-state index contributed by atoms with van der Waals surface area (Å²) in [4.78, 5) is 12.4. The second-order valence-electron chi connectivity index (χ2n) is 3.66. The zero-order chi connectivity index (χ0) is 14.0. The minimum atomic E-state index is -1.71. The third kappa shape index (κ3) is 2.37. The Labute approximate surface area is 110 Å². The van der Waals surface area contributed by atoms with Gasteiger partial charge in [-0.05, 0) is 23.6 Å². The SMILES string of the molecule is N#CC(C(=O)c1ccc(F)c(F)c1F)c1cccs1. The molecule has 0 saturated heterocycles. The lowest BCUT2D eigenvalue weighted by Crippen LogP contribution is -2.13. The Balaban J connectivity index is 2.45. The Kier molecular flexibility index (Phi) is 3.67. The summed E-state index contributed by atoms with van der Waals surface area (Å²) in [6, 6.07) is 6.43. The Morgan fingerprint density at radius 2 is 1.95 bits per heavy atom. The van der Waals surface area contributed by atoms with Gasteiger partial charge < -0.3 is 0 Å². The number of Topliss-reactive ketones (excluding diaryl/α,β-unsaturated/α-hetero) is 1. The van der Waals surface area contributed by atoms with E-state index in [-0.39, 0.29) is 0 Å². The van der Waals surface area contributed by atoms with Crippen LogP contribution in [0, 0.1) is 28.8 Å². The molecule has 0 aliphatic carbocycles. The lowest BCUT2D eigenvalue weighted by Gasteiger charge is -2.07. The van der Waals surface area contributed by atoms with Crippen LogP contribution < -0.4 is 0 Å². The first-order valence-electron chi connectivity index (χ1n) is 5.17. The molecule has 19 heavy (non-hydrogen) atoms. The smallest absolute Gasteiger partial charge is 0.195 e. The molecule has 0 saturated carbocycles. The molecule has 1 aromatic carbocycles. The van der Waals surface area contributed by atoms with E-state index in [4.69, 9.17) is 5.26 Å². The van der Waals surface area contributed by atoms with Crippen LogP contribution in [0.15, 0.2) is 29.6 Å². The van der Waals surface area contributed by atoms with Crippen LogP contribution in [0.2, 0.25) is 0 Å². The summed E-state index contributed by atoms with van der Waals surface area (Å²) in [6.45, 7) is 0. The number of hydrogen-bond donors (Lipinski definition) is 0. The molecule has 1 unspecified atom stereocenters. The molecule has 0 aliphatic rings. The summed E-state index contributed by atoms with van der Waals surface area (Å²) in [7, 11) is 0. The summed E-state index contributed by atoms with van der Waals surface area (Å²) in [5, 5.41) is 10.7. The lowest BCUT2D eigenvalue weighted by molar-refractivity contribution is 0.0974. The van der Waals surface area contributed by atoms with Gasteiger partial charge in [0.15, 0.2) is 23.2 Å². The molecule has 0 spiro atoms. The van der Waals surface area contributed by atoms with Gasteiger partial charge in [-0.3, -0.25) is 4.79 Å². The topological polar surface area (TPSA) is 40.9 Å². The maximum atomic E-state index is 13.5. The summed E-state index contributed by atoms with van der Waals surface area (Å²) in [5.74, 6) is -6.77. The van der Waals surface area contributed by atoms with E-state index in [0.717, 1.165) is 17.4 Å². The van der Waals surface area contributed by atoms with Crippen molar-refractivity contribution in [2.45, 2.75) is 5.92 Å². The second kappa shape index (κ2) is 5.24. The molecule has 96 valence electrons. The molecule has 1 heterocycles. The van der Waals surface area contributed by atoms with Crippen LogP contribution in [-0.2, 0) is 0 Å². The molecular formula is C13H6F3NOS. The fraction of sp³-hybridized carbons (Fsp3) is 0.0769. The molecule has 2 aromatic rings. The largest absolute Gasteiger partial charge is 0.292 e. The predicted molar refractivity (Wildman–Crippen MR) is 63.3 cm³/mol. The molecule has 0 N–H and O–H groups in total. The molecular weight excluding hydrogens is 275 g/mol. The maximum absolute atomic E-state index is 13.5. The van der Waals surface area contributed by atoms with Crippen molar-refractivity contribution in [3.05, 3.63) is 57.5 Å². The van der Waals surface area contributed by atoms with Crippen molar-refractivity contribution in [3.8, 4) is 6.07 Å². The number of thiophene rings is 1. The van der Waals surface area contributed by atoms with Gasteiger partial charge in [-0.1, -0.05) is 6.07 Å². The van der Waals surface area contributed by atoms with Crippen LogP contribution in [0.3, 0.4) is 0 Å². The quantitative estimate of drug-likeness (QED) is 0.636. The summed E-state index contributed by atoms with van der Waals surface area (Å²) < 4.78 is 39.4. The number of carbonyl (C=O) groups is 1. The monoisotopic (exact) mass is 281 g/mol. The van der Waals surface area contributed by atoms with Crippen LogP contribution in [0.4, 0.5) is 13.2 Å². The first kappa shape index (κ1) is 13.3. The number of hydrogen-bond acceptors (Lipinski definition) is 3. The minimum absolute atomic E-state index is 0.427. The van der Waals surface area contributed by atoms with Crippen LogP contribution in [0.25, 0.3) is 0 Å². The summed E-state index contributed by atoms with van der Waals surface area (Å²) in [6.07, 6.45) is 0. The number of benzene rings is 1. The zero-order valence-corrected chi connectivity index (χ0v) is 10.2. The summed E-state index contributed by atoms with van der Waals surface area (Å²) in [5.41, 5.74) is -0.626. The van der Waals surface area contributed by atoms with Crippen molar-refractivity contribution in [3.63, 3.8) is 0 Å². The summed E-state index contributed by atoms with van der Waals surface area (Å²) >= 11 is 1.16. The van der Waals surface area contributed by atoms with Gasteiger partial charge in [-0.2, -0.15) is 5.26 Å². The lowest BCUT2D eigenvalue weighted by atomic mass is 9.97. The molecule has 0 amide bonds. The highest BCUT2D eigenvalue weighted by Gasteiger charge is 2.27. The standard InChI is InChI=1S/C13H6F3NOS/c14-9-4-3-7(11(15)12(9)16)13(18)8(6-17)10-2-1-5-19-10/h1-5,8H. The molecule has 0 radical (unpaired) electrons. The molecule has 2 rings (SSSR count). The van der Waals surface area contributed by atoms with Crippen LogP contribution >= 0.6 is 11.3 Å². The van der Waals surface area contributed by atoms with Crippen LogP contribution in [-0.4, -0.2) is 5.78 Å². The van der Waals surface area contributed by atoms with Crippen LogP contribution in [0.5, 0.6) is 0 Å². The highest BCUT2D eigenvalue weighted by Crippen LogP contribution is 2.26. The molecule has 0 aliphatic heterocycles. The van der Waals surface area contributed by atoms with E-state index in [1.54, 1.807) is 23.6 Å². The van der Waals surface area contributed by atoms with Crippen LogP contribution in [0.1, 0.15) is 21.2 Å². The van der Waals surface area contributed by atoms with E-state index in [2.05, 4.69) is 0 Å². The Morgan fingerprint density at radius 1 is 1.21 bits per heavy atom. The van der Waals surface area contributed by atoms with Gasteiger partial charge in [-0.25, -0.2) is 13.2 Å². The maximum Gasteiger partial charge on any atom is 0.195 e. The third-order valence-electron chi connectivity index (χ3n) is 2.52. The molecule has 0 bridgehead atoms. The third-order valence-corrected chi connectivity index (χ3v) is 3.46. The fourth-order valence-corrected chi connectivity index (χ4v) is 2.35. The van der Waals surface area contributed by atoms with Gasteiger partial charge in [0, 0.05) is 4.88 Å². The Hall–Kier alpha value is -2.13. The number of carbonyl (C=O) groups excluding carboxylic acids is 1. The average Bonchev–Trinajstić information content (AvgIpc) is 2.91. The van der Waals surface area contributed by atoms with E-state index >= 15 is 0 Å². The number of halogens is 3. The van der Waals surface area contributed by atoms with Gasteiger partial charge >= 0.3 is 0 Å². The van der Waals surface area contributed by atoms with Gasteiger partial charge in [0.1, 0.15) is 5.92 Å².